The van der Waals surface area contributed by atoms with Crippen molar-refractivity contribution in [1.29, 1.82) is 0 Å². The third-order valence-electron chi connectivity index (χ3n) is 2.39. The normalized spacial score (nSPS) is 10.5. The van der Waals surface area contributed by atoms with Crippen LogP contribution in [0.1, 0.15) is 16.3 Å². The molecule has 0 amide bonds. The second kappa shape index (κ2) is 5.49. The third kappa shape index (κ3) is 2.97. The quantitative estimate of drug-likeness (QED) is 0.928. The summed E-state index contributed by atoms with van der Waals surface area (Å²) < 4.78 is 5.30. The smallest absolute Gasteiger partial charge is 0.122 e. The lowest BCUT2D eigenvalue weighted by atomic mass is 10.1. The summed E-state index contributed by atoms with van der Waals surface area (Å²) in [7, 11) is 1.65. The zero-order valence-electron chi connectivity index (χ0n) is 9.44. The monoisotopic (exact) mass is 268 g/mol. The number of nitrogens with zero attached hydrogens (tertiary/aromatic N) is 1. The number of methoxy groups -OCH3 is 1. The van der Waals surface area contributed by atoms with Crippen molar-refractivity contribution in [3.63, 3.8) is 0 Å². The minimum atomic E-state index is 0.483. The molecule has 2 N–H and O–H groups in total. The number of aromatic nitrogens is 1. The number of ether oxygens (including phenoxy) is 1. The molecule has 0 unspecified atom stereocenters. The van der Waals surface area contributed by atoms with Gasteiger partial charge in [0.2, 0.25) is 0 Å². The summed E-state index contributed by atoms with van der Waals surface area (Å²) in [6, 6.07) is 5.59. The van der Waals surface area contributed by atoms with Crippen LogP contribution in [0.5, 0.6) is 5.75 Å². The first-order chi connectivity index (χ1) is 8.22. The van der Waals surface area contributed by atoms with Crippen molar-refractivity contribution in [2.24, 2.45) is 5.73 Å². The Labute approximate surface area is 109 Å². The Bertz CT molecular complexity index is 513. The topological polar surface area (TPSA) is 48.1 Å². The molecule has 2 aromatic rings. The number of hydrogen-bond donors (Lipinski definition) is 1. The predicted molar refractivity (Wildman–Crippen MR) is 70.8 cm³/mol. The van der Waals surface area contributed by atoms with Crippen molar-refractivity contribution in [1.82, 2.24) is 4.98 Å². The summed E-state index contributed by atoms with van der Waals surface area (Å²) in [4.78, 5) is 4.42. The van der Waals surface area contributed by atoms with Gasteiger partial charge in [-0.1, -0.05) is 11.6 Å². The molecule has 0 spiro atoms. The van der Waals surface area contributed by atoms with Gasteiger partial charge in [-0.15, -0.1) is 11.3 Å². The molecule has 1 aromatic heterocycles. The van der Waals surface area contributed by atoms with Crippen molar-refractivity contribution in [2.45, 2.75) is 13.0 Å². The van der Waals surface area contributed by atoms with Gasteiger partial charge < -0.3 is 10.5 Å². The van der Waals surface area contributed by atoms with Gasteiger partial charge in [-0.3, -0.25) is 0 Å². The fourth-order valence-electron chi connectivity index (χ4n) is 1.60. The van der Waals surface area contributed by atoms with Gasteiger partial charge in [-0.2, -0.15) is 0 Å². The molecule has 5 heteroatoms. The maximum atomic E-state index is 5.98. The van der Waals surface area contributed by atoms with Crippen LogP contribution in [0.4, 0.5) is 0 Å². The van der Waals surface area contributed by atoms with Gasteiger partial charge in [0, 0.05) is 28.9 Å². The summed E-state index contributed by atoms with van der Waals surface area (Å²) in [6.07, 6.45) is 0.709. The Hall–Kier alpha value is -1.10. The van der Waals surface area contributed by atoms with Gasteiger partial charge in [0.25, 0.3) is 0 Å². The molecule has 1 aromatic carbocycles. The molecule has 2 rings (SSSR count). The Morgan fingerprint density at radius 3 is 2.94 bits per heavy atom. The van der Waals surface area contributed by atoms with Crippen LogP contribution in [0.3, 0.4) is 0 Å². The fourth-order valence-corrected chi connectivity index (χ4v) is 2.47. The van der Waals surface area contributed by atoms with Crippen LogP contribution in [0, 0.1) is 0 Å². The molecule has 0 aliphatic carbocycles. The zero-order chi connectivity index (χ0) is 12.3. The lowest BCUT2D eigenvalue weighted by Crippen LogP contribution is -1.97. The highest BCUT2D eigenvalue weighted by atomic mass is 35.5. The van der Waals surface area contributed by atoms with Crippen molar-refractivity contribution in [2.75, 3.05) is 7.11 Å². The van der Waals surface area contributed by atoms with Gasteiger partial charge in [0.05, 0.1) is 12.8 Å². The maximum absolute atomic E-state index is 5.98. The molecule has 1 heterocycles. The summed E-state index contributed by atoms with van der Waals surface area (Å²) in [5.41, 5.74) is 7.57. The molecule has 0 aliphatic rings. The Kier molecular flexibility index (Phi) is 3.99. The molecular formula is C12H13ClN2OS. The second-order valence-corrected chi connectivity index (χ2v) is 4.95. The van der Waals surface area contributed by atoms with Crippen LogP contribution in [0.2, 0.25) is 5.02 Å². The van der Waals surface area contributed by atoms with Gasteiger partial charge >= 0.3 is 0 Å². The standard InChI is InChI=1S/C12H13ClN2OS/c1-16-11-3-2-9(13)4-8(11)5-10-7-17-12(6-14)15-10/h2-4,7H,5-6,14H2,1H3. The van der Waals surface area contributed by atoms with Crippen molar-refractivity contribution in [3.8, 4) is 5.75 Å². The maximum Gasteiger partial charge on any atom is 0.122 e. The van der Waals surface area contributed by atoms with Gasteiger partial charge in [0.1, 0.15) is 10.8 Å². The number of benzene rings is 1. The van der Waals surface area contributed by atoms with E-state index in [-0.39, 0.29) is 0 Å². The van der Waals surface area contributed by atoms with Crippen molar-refractivity contribution >= 4 is 22.9 Å². The molecule has 0 atom stereocenters. The fraction of sp³-hybridized carbons (Fsp3) is 0.250. The summed E-state index contributed by atoms with van der Waals surface area (Å²) >= 11 is 7.56. The average Bonchev–Trinajstić information content (AvgIpc) is 2.77. The van der Waals surface area contributed by atoms with Crippen LogP contribution in [-0.4, -0.2) is 12.1 Å². The molecule has 0 fully saturated rings. The molecule has 0 saturated heterocycles. The summed E-state index contributed by atoms with van der Waals surface area (Å²) in [6.45, 7) is 0.483. The molecular weight excluding hydrogens is 256 g/mol. The molecule has 17 heavy (non-hydrogen) atoms. The lowest BCUT2D eigenvalue weighted by molar-refractivity contribution is 0.410. The van der Waals surface area contributed by atoms with E-state index >= 15 is 0 Å². The first-order valence-electron chi connectivity index (χ1n) is 5.18. The Balaban J connectivity index is 2.25. The highest BCUT2D eigenvalue weighted by molar-refractivity contribution is 7.09. The molecule has 0 radical (unpaired) electrons. The number of thiazole rings is 1. The number of hydrogen-bond acceptors (Lipinski definition) is 4. The largest absolute Gasteiger partial charge is 0.496 e. The van der Waals surface area contributed by atoms with Gasteiger partial charge in [-0.05, 0) is 18.2 Å². The molecule has 90 valence electrons. The third-order valence-corrected chi connectivity index (χ3v) is 3.54. The van der Waals surface area contributed by atoms with E-state index in [1.165, 1.54) is 0 Å². The first-order valence-corrected chi connectivity index (χ1v) is 6.44. The van der Waals surface area contributed by atoms with Crippen LogP contribution in [0.15, 0.2) is 23.6 Å². The SMILES string of the molecule is COc1ccc(Cl)cc1Cc1csc(CN)n1. The summed E-state index contributed by atoms with van der Waals surface area (Å²) in [5.74, 6) is 0.830. The molecule has 3 nitrogen and oxygen atoms in total. The van der Waals surface area contributed by atoms with Gasteiger partial charge in [0.15, 0.2) is 0 Å². The van der Waals surface area contributed by atoms with Crippen LogP contribution < -0.4 is 10.5 Å². The van der Waals surface area contributed by atoms with Crippen molar-refractivity contribution < 1.29 is 4.74 Å². The summed E-state index contributed by atoms with van der Waals surface area (Å²) in [5, 5.41) is 3.67. The van der Waals surface area contributed by atoms with E-state index in [2.05, 4.69) is 4.98 Å². The van der Waals surface area contributed by atoms with E-state index in [9.17, 15) is 0 Å². The van der Waals surface area contributed by atoms with E-state index in [1.54, 1.807) is 18.4 Å². The number of rotatable bonds is 4. The van der Waals surface area contributed by atoms with E-state index in [1.807, 2.05) is 23.6 Å². The van der Waals surface area contributed by atoms with Crippen LogP contribution in [0.25, 0.3) is 0 Å². The van der Waals surface area contributed by atoms with E-state index in [0.29, 0.717) is 18.0 Å². The highest BCUT2D eigenvalue weighted by Crippen LogP contribution is 2.25. The zero-order valence-corrected chi connectivity index (χ0v) is 11.0. The van der Waals surface area contributed by atoms with E-state index in [4.69, 9.17) is 22.1 Å². The Morgan fingerprint density at radius 1 is 1.47 bits per heavy atom. The minimum Gasteiger partial charge on any atom is -0.496 e. The average molecular weight is 269 g/mol. The van der Waals surface area contributed by atoms with Crippen LogP contribution >= 0.6 is 22.9 Å². The lowest BCUT2D eigenvalue weighted by Gasteiger charge is -2.07. The van der Waals surface area contributed by atoms with Crippen molar-refractivity contribution in [3.05, 3.63) is 44.9 Å². The highest BCUT2D eigenvalue weighted by Gasteiger charge is 2.07. The van der Waals surface area contributed by atoms with Crippen LogP contribution in [-0.2, 0) is 13.0 Å². The number of nitrogens with two attached hydrogens (primary N) is 1. The minimum absolute atomic E-state index is 0.483. The van der Waals surface area contributed by atoms with E-state index < -0.39 is 0 Å². The second-order valence-electron chi connectivity index (χ2n) is 3.57. The van der Waals surface area contributed by atoms with E-state index in [0.717, 1.165) is 22.0 Å². The predicted octanol–water partition coefficient (Wildman–Crippen LogP) is 2.85. The Morgan fingerprint density at radius 2 is 2.29 bits per heavy atom. The molecule has 0 saturated carbocycles. The molecule has 0 bridgehead atoms. The first kappa shape index (κ1) is 12.4. The van der Waals surface area contributed by atoms with Gasteiger partial charge in [-0.25, -0.2) is 4.98 Å². The number of halogens is 1. The molecule has 0 aliphatic heterocycles.